The molecule has 1 aromatic carbocycles. The third-order valence-electron chi connectivity index (χ3n) is 3.37. The number of thiophene rings is 1. The minimum absolute atomic E-state index is 0.135. The molecule has 1 aromatic heterocycles. The summed E-state index contributed by atoms with van der Waals surface area (Å²) in [5.74, 6) is 0. The molecule has 4 heteroatoms. The van der Waals surface area contributed by atoms with Crippen molar-refractivity contribution in [1.82, 2.24) is 5.32 Å². The summed E-state index contributed by atoms with van der Waals surface area (Å²) in [5, 5.41) is 5.64. The lowest BCUT2D eigenvalue weighted by molar-refractivity contribution is 0.00331. The number of halogens is 1. The molecule has 0 spiro atoms. The molecule has 0 radical (unpaired) electrons. The fourth-order valence-electron chi connectivity index (χ4n) is 2.36. The van der Waals surface area contributed by atoms with E-state index in [2.05, 4.69) is 35.0 Å². The first-order valence-electron chi connectivity index (χ1n) is 6.44. The SMILES string of the molecule is Clc1cc(C2CNC(Cc3ccccc3)CO2)cs1. The van der Waals surface area contributed by atoms with Gasteiger partial charge in [-0.25, -0.2) is 0 Å². The van der Waals surface area contributed by atoms with Gasteiger partial charge in [-0.2, -0.15) is 0 Å². The van der Waals surface area contributed by atoms with Crippen LogP contribution in [0, 0.1) is 0 Å². The van der Waals surface area contributed by atoms with E-state index in [9.17, 15) is 0 Å². The molecular formula is C15H16ClNOS. The zero-order valence-corrected chi connectivity index (χ0v) is 12.1. The lowest BCUT2D eigenvalue weighted by Crippen LogP contribution is -2.43. The summed E-state index contributed by atoms with van der Waals surface area (Å²) in [6, 6.07) is 12.9. The van der Waals surface area contributed by atoms with Gasteiger partial charge in [0, 0.05) is 12.6 Å². The van der Waals surface area contributed by atoms with Gasteiger partial charge < -0.3 is 10.1 Å². The topological polar surface area (TPSA) is 21.3 Å². The van der Waals surface area contributed by atoms with Crippen LogP contribution in [-0.2, 0) is 11.2 Å². The Balaban J connectivity index is 1.55. The Morgan fingerprint density at radius 1 is 1.32 bits per heavy atom. The molecule has 0 amide bonds. The van der Waals surface area contributed by atoms with E-state index in [1.165, 1.54) is 11.1 Å². The molecule has 1 N–H and O–H groups in total. The predicted octanol–water partition coefficient (Wildman–Crippen LogP) is 3.67. The lowest BCUT2D eigenvalue weighted by Gasteiger charge is -2.30. The molecule has 2 aromatic rings. The Morgan fingerprint density at radius 2 is 2.16 bits per heavy atom. The second-order valence-electron chi connectivity index (χ2n) is 4.80. The molecule has 1 aliphatic heterocycles. The summed E-state index contributed by atoms with van der Waals surface area (Å²) >= 11 is 7.52. The van der Waals surface area contributed by atoms with Gasteiger partial charge >= 0.3 is 0 Å². The van der Waals surface area contributed by atoms with Crippen LogP contribution in [0.3, 0.4) is 0 Å². The Morgan fingerprint density at radius 3 is 2.79 bits per heavy atom. The molecule has 2 heterocycles. The first kappa shape index (κ1) is 13.1. The first-order chi connectivity index (χ1) is 9.31. The Kier molecular flexibility index (Phi) is 4.18. The van der Waals surface area contributed by atoms with Gasteiger partial charge in [-0.15, -0.1) is 11.3 Å². The molecule has 2 unspecified atom stereocenters. The van der Waals surface area contributed by atoms with Gasteiger partial charge in [-0.1, -0.05) is 41.9 Å². The lowest BCUT2D eigenvalue weighted by atomic mass is 10.0. The second-order valence-corrected chi connectivity index (χ2v) is 6.34. The van der Waals surface area contributed by atoms with Crippen molar-refractivity contribution in [2.45, 2.75) is 18.6 Å². The van der Waals surface area contributed by atoms with Crippen LogP contribution in [-0.4, -0.2) is 19.2 Å². The van der Waals surface area contributed by atoms with Crippen LogP contribution < -0.4 is 5.32 Å². The van der Waals surface area contributed by atoms with E-state index in [0.717, 1.165) is 23.9 Å². The van der Waals surface area contributed by atoms with Crippen molar-refractivity contribution in [1.29, 1.82) is 0 Å². The Labute approximate surface area is 122 Å². The molecular weight excluding hydrogens is 278 g/mol. The number of ether oxygens (including phenoxy) is 1. The van der Waals surface area contributed by atoms with Crippen LogP contribution in [0.2, 0.25) is 4.34 Å². The Hall–Kier alpha value is -0.870. The number of hydrogen-bond acceptors (Lipinski definition) is 3. The third kappa shape index (κ3) is 3.37. The van der Waals surface area contributed by atoms with Crippen LogP contribution in [0.5, 0.6) is 0 Å². The molecule has 19 heavy (non-hydrogen) atoms. The predicted molar refractivity (Wildman–Crippen MR) is 80.0 cm³/mol. The fraction of sp³-hybridized carbons (Fsp3) is 0.333. The number of benzene rings is 1. The van der Waals surface area contributed by atoms with E-state index in [1.54, 1.807) is 11.3 Å². The van der Waals surface area contributed by atoms with Gasteiger partial charge in [0.1, 0.15) is 0 Å². The normalized spacial score (nSPS) is 23.4. The molecule has 2 nitrogen and oxygen atoms in total. The van der Waals surface area contributed by atoms with E-state index >= 15 is 0 Å². The van der Waals surface area contributed by atoms with Gasteiger partial charge in [0.2, 0.25) is 0 Å². The van der Waals surface area contributed by atoms with Crippen molar-refractivity contribution >= 4 is 22.9 Å². The second kappa shape index (κ2) is 6.06. The maximum absolute atomic E-state index is 5.96. The van der Waals surface area contributed by atoms with E-state index in [4.69, 9.17) is 16.3 Å². The maximum atomic E-state index is 5.96. The first-order valence-corrected chi connectivity index (χ1v) is 7.70. The van der Waals surface area contributed by atoms with Crippen LogP contribution in [0.1, 0.15) is 17.2 Å². The number of rotatable bonds is 3. The summed E-state index contributed by atoms with van der Waals surface area (Å²) in [7, 11) is 0. The van der Waals surface area contributed by atoms with Crippen molar-refractivity contribution in [3.8, 4) is 0 Å². The molecule has 2 atom stereocenters. The van der Waals surface area contributed by atoms with E-state index in [0.29, 0.717) is 6.04 Å². The van der Waals surface area contributed by atoms with Crippen molar-refractivity contribution in [2.75, 3.05) is 13.2 Å². The zero-order chi connectivity index (χ0) is 13.1. The van der Waals surface area contributed by atoms with Gasteiger partial charge in [0.15, 0.2) is 0 Å². The molecule has 1 saturated heterocycles. The third-order valence-corrected chi connectivity index (χ3v) is 4.48. The smallest absolute Gasteiger partial charge is 0.0958 e. The van der Waals surface area contributed by atoms with E-state index in [-0.39, 0.29) is 6.10 Å². The fourth-order valence-corrected chi connectivity index (χ4v) is 3.29. The minimum Gasteiger partial charge on any atom is -0.371 e. The van der Waals surface area contributed by atoms with E-state index in [1.807, 2.05) is 12.1 Å². The van der Waals surface area contributed by atoms with Crippen LogP contribution in [0.25, 0.3) is 0 Å². The summed E-state index contributed by atoms with van der Waals surface area (Å²) in [6.07, 6.45) is 1.15. The zero-order valence-electron chi connectivity index (χ0n) is 10.5. The highest BCUT2D eigenvalue weighted by Crippen LogP contribution is 2.28. The highest BCUT2D eigenvalue weighted by molar-refractivity contribution is 7.14. The average Bonchev–Trinajstić information content (AvgIpc) is 2.87. The van der Waals surface area contributed by atoms with Gasteiger partial charge in [-0.05, 0) is 29.0 Å². The summed E-state index contributed by atoms with van der Waals surface area (Å²) in [6.45, 7) is 1.59. The summed E-state index contributed by atoms with van der Waals surface area (Å²) in [4.78, 5) is 0. The highest BCUT2D eigenvalue weighted by atomic mass is 35.5. The number of hydrogen-bond donors (Lipinski definition) is 1. The van der Waals surface area contributed by atoms with Crippen molar-refractivity contribution in [3.63, 3.8) is 0 Å². The van der Waals surface area contributed by atoms with Crippen molar-refractivity contribution < 1.29 is 4.74 Å². The van der Waals surface area contributed by atoms with Gasteiger partial charge in [0.25, 0.3) is 0 Å². The van der Waals surface area contributed by atoms with Crippen LogP contribution in [0.15, 0.2) is 41.8 Å². The van der Waals surface area contributed by atoms with Crippen LogP contribution >= 0.6 is 22.9 Å². The standard InChI is InChI=1S/C15H16ClNOS/c16-15-7-12(10-19-15)14-8-17-13(9-18-14)6-11-4-2-1-3-5-11/h1-5,7,10,13-14,17H,6,8-9H2. The van der Waals surface area contributed by atoms with Crippen molar-refractivity contribution in [2.24, 2.45) is 0 Å². The molecule has 0 aliphatic carbocycles. The van der Waals surface area contributed by atoms with E-state index < -0.39 is 0 Å². The van der Waals surface area contributed by atoms with Gasteiger partial charge in [0.05, 0.1) is 17.0 Å². The maximum Gasteiger partial charge on any atom is 0.0958 e. The monoisotopic (exact) mass is 293 g/mol. The van der Waals surface area contributed by atoms with Crippen LogP contribution in [0.4, 0.5) is 0 Å². The van der Waals surface area contributed by atoms with Gasteiger partial charge in [-0.3, -0.25) is 0 Å². The summed E-state index contributed by atoms with van der Waals surface area (Å²) < 4.78 is 6.77. The molecule has 0 saturated carbocycles. The highest BCUT2D eigenvalue weighted by Gasteiger charge is 2.23. The largest absolute Gasteiger partial charge is 0.371 e. The quantitative estimate of drug-likeness (QED) is 0.932. The number of nitrogens with one attached hydrogen (secondary N) is 1. The molecule has 3 rings (SSSR count). The van der Waals surface area contributed by atoms with Crippen molar-refractivity contribution in [3.05, 3.63) is 57.2 Å². The Bertz CT molecular complexity index is 520. The molecule has 100 valence electrons. The molecule has 1 fully saturated rings. The molecule has 1 aliphatic rings. The minimum atomic E-state index is 0.135. The average molecular weight is 294 g/mol. The number of morpholine rings is 1. The summed E-state index contributed by atoms with van der Waals surface area (Å²) in [5.41, 5.74) is 2.53. The molecule has 0 bridgehead atoms.